The minimum Gasteiger partial charge on any atom is -0.355 e. The summed E-state index contributed by atoms with van der Waals surface area (Å²) < 4.78 is 0. The molecule has 0 aliphatic heterocycles. The fourth-order valence-electron chi connectivity index (χ4n) is 5.30. The van der Waals surface area contributed by atoms with Gasteiger partial charge in [-0.2, -0.15) is 0 Å². The van der Waals surface area contributed by atoms with Crippen LogP contribution in [-0.4, -0.2) is 12.0 Å². The van der Waals surface area contributed by atoms with Crippen LogP contribution in [0.4, 0.5) is 11.4 Å². The molecular formula is C36H33Cl6NSi2. The lowest BCUT2D eigenvalue weighted by atomic mass is 9.98. The van der Waals surface area contributed by atoms with Crippen molar-refractivity contribution in [2.24, 2.45) is 0 Å². The van der Waals surface area contributed by atoms with E-state index in [-0.39, 0.29) is 0 Å². The molecule has 0 aromatic heterocycles. The molecule has 232 valence electrons. The molecular weight excluding hydrogens is 715 g/mol. The molecule has 0 bridgehead atoms. The molecule has 5 aromatic rings. The van der Waals surface area contributed by atoms with Crippen molar-refractivity contribution in [3.63, 3.8) is 0 Å². The van der Waals surface area contributed by atoms with E-state index in [1.165, 1.54) is 33.4 Å². The summed E-state index contributed by atoms with van der Waals surface area (Å²) in [6, 6.07) is 39.2. The first-order valence-corrected chi connectivity index (χ1v) is 25.4. The van der Waals surface area contributed by atoms with E-state index in [9.17, 15) is 0 Å². The zero-order valence-electron chi connectivity index (χ0n) is 24.6. The molecule has 0 radical (unpaired) electrons. The number of halogens is 6. The normalized spacial score (nSPS) is 11.9. The average Bonchev–Trinajstić information content (AvgIpc) is 3.01. The van der Waals surface area contributed by atoms with Crippen LogP contribution in [0.15, 0.2) is 121 Å². The maximum atomic E-state index is 6.02. The second-order valence-corrected chi connectivity index (χ2v) is 29.7. The molecule has 0 atom stereocenters. The molecule has 0 fully saturated rings. The van der Waals surface area contributed by atoms with E-state index in [1.54, 1.807) is 0 Å². The largest absolute Gasteiger partial charge is 0.355 e. The molecule has 0 saturated heterocycles. The third-order valence-electron chi connectivity index (χ3n) is 7.71. The monoisotopic (exact) mass is 745 g/mol. The van der Waals surface area contributed by atoms with Gasteiger partial charge in [0.2, 0.25) is 0 Å². The summed E-state index contributed by atoms with van der Waals surface area (Å²) in [6.07, 6.45) is 3.63. The van der Waals surface area contributed by atoms with Crippen molar-refractivity contribution in [3.8, 4) is 33.4 Å². The predicted molar refractivity (Wildman–Crippen MR) is 205 cm³/mol. The third kappa shape index (κ3) is 10.8. The van der Waals surface area contributed by atoms with Crippen LogP contribution in [0.1, 0.15) is 24.0 Å². The lowest BCUT2D eigenvalue weighted by molar-refractivity contribution is 0.915. The fraction of sp³-hybridized carbons (Fsp3) is 0.167. The standard InChI is InChI=1S/C36H33Cl6NSi2/c37-44(38,39)25-3-5-27-9-13-29(14-10-27)31-17-19-33(20-18-31)35-7-1-2-8-36(35)43-34-23-21-32(22-24-34)30-15-11-28(12-16-30)6-4-26-45(40,41)42/h1-2,7-24,43H,3-6,25-26H2. The molecule has 5 aromatic carbocycles. The Hall–Kier alpha value is -1.93. The second-order valence-electron chi connectivity index (χ2n) is 11.2. The van der Waals surface area contributed by atoms with Crippen molar-refractivity contribution in [1.29, 1.82) is 0 Å². The molecule has 1 N–H and O–H groups in total. The molecule has 1 nitrogen and oxygen atoms in total. The summed E-state index contributed by atoms with van der Waals surface area (Å²) in [7, 11) is 0. The lowest BCUT2D eigenvalue weighted by Crippen LogP contribution is -2.08. The molecule has 0 aliphatic rings. The van der Waals surface area contributed by atoms with Crippen LogP contribution in [0.25, 0.3) is 33.4 Å². The Bertz CT molecular complexity index is 1660. The van der Waals surface area contributed by atoms with Gasteiger partial charge in [0, 0.05) is 16.9 Å². The summed E-state index contributed by atoms with van der Waals surface area (Å²) in [5.41, 5.74) is 11.6. The Balaban J connectivity index is 1.21. The van der Waals surface area contributed by atoms with Crippen LogP contribution < -0.4 is 5.32 Å². The summed E-state index contributed by atoms with van der Waals surface area (Å²) in [5, 5.41) is 3.62. The highest BCUT2D eigenvalue weighted by Crippen LogP contribution is 2.33. The molecule has 9 heteroatoms. The Morgan fingerprint density at radius 3 is 1.24 bits per heavy atom. The summed E-state index contributed by atoms with van der Waals surface area (Å²) >= 11 is 36.1. The van der Waals surface area contributed by atoms with Gasteiger partial charge in [0.15, 0.2) is 0 Å². The Morgan fingerprint density at radius 2 is 0.800 bits per heavy atom. The molecule has 0 heterocycles. The van der Waals surface area contributed by atoms with Gasteiger partial charge in [0.1, 0.15) is 0 Å². The number of rotatable bonds is 13. The van der Waals surface area contributed by atoms with Gasteiger partial charge in [-0.15, -0.1) is 66.5 Å². The van der Waals surface area contributed by atoms with E-state index in [1.807, 2.05) is 0 Å². The van der Waals surface area contributed by atoms with Gasteiger partial charge in [-0.3, -0.25) is 0 Å². The molecule has 0 unspecified atom stereocenters. The number of benzene rings is 5. The minimum absolute atomic E-state index is 0.682. The maximum Gasteiger partial charge on any atom is 0.341 e. The first kappa shape index (κ1) is 34.4. The number of hydrogen-bond donors (Lipinski definition) is 1. The van der Waals surface area contributed by atoms with Crippen molar-refractivity contribution < 1.29 is 0 Å². The topological polar surface area (TPSA) is 12.0 Å². The summed E-state index contributed by atoms with van der Waals surface area (Å²) in [4.78, 5) is 0. The highest BCUT2D eigenvalue weighted by molar-refractivity contribution is 7.65. The van der Waals surface area contributed by atoms with Gasteiger partial charge in [-0.05, 0) is 94.9 Å². The first-order chi connectivity index (χ1) is 21.5. The molecule has 0 saturated carbocycles. The average molecular weight is 749 g/mol. The molecule has 5 rings (SSSR count). The number of aryl methyl sites for hydroxylation is 2. The van der Waals surface area contributed by atoms with Gasteiger partial charge >= 0.3 is 12.0 Å². The van der Waals surface area contributed by atoms with E-state index in [4.69, 9.17) is 66.5 Å². The van der Waals surface area contributed by atoms with Gasteiger partial charge in [-0.1, -0.05) is 103 Å². The highest BCUT2D eigenvalue weighted by atomic mass is 35.8. The first-order valence-electron chi connectivity index (χ1n) is 14.9. The highest BCUT2D eigenvalue weighted by Gasteiger charge is 2.24. The third-order valence-corrected chi connectivity index (χ3v) is 13.0. The van der Waals surface area contributed by atoms with E-state index in [0.717, 1.165) is 48.2 Å². The minimum atomic E-state index is -2.55. The van der Waals surface area contributed by atoms with Crippen LogP contribution in [0.3, 0.4) is 0 Å². The molecule has 0 amide bonds. The van der Waals surface area contributed by atoms with Gasteiger partial charge in [0.05, 0.1) is 0 Å². The quantitative estimate of drug-likeness (QED) is 0.0934. The summed E-state index contributed by atoms with van der Waals surface area (Å²) in [5.74, 6) is 0. The fourth-order valence-corrected chi connectivity index (χ4v) is 8.86. The van der Waals surface area contributed by atoms with Crippen LogP contribution in [0, 0.1) is 0 Å². The van der Waals surface area contributed by atoms with Gasteiger partial charge in [-0.25, -0.2) is 0 Å². The molecule has 0 spiro atoms. The Labute approximate surface area is 296 Å². The van der Waals surface area contributed by atoms with Crippen LogP contribution >= 0.6 is 66.5 Å². The van der Waals surface area contributed by atoms with Crippen LogP contribution in [0.5, 0.6) is 0 Å². The second kappa shape index (κ2) is 15.8. The number of anilines is 2. The Kier molecular flexibility index (Phi) is 12.1. The summed E-state index contributed by atoms with van der Waals surface area (Å²) in [6.45, 7) is 0. The van der Waals surface area contributed by atoms with E-state index >= 15 is 0 Å². The number of para-hydroxylation sites is 1. The van der Waals surface area contributed by atoms with Gasteiger partial charge in [0.25, 0.3) is 0 Å². The SMILES string of the molecule is Cl[Si](Cl)(Cl)CCCc1ccc(-c2ccc(Nc3ccccc3-c3ccc(-c4ccc(CCC[Si](Cl)(Cl)Cl)cc4)cc3)cc2)cc1. The van der Waals surface area contributed by atoms with E-state index < -0.39 is 12.0 Å². The maximum absolute atomic E-state index is 6.02. The van der Waals surface area contributed by atoms with Crippen molar-refractivity contribution in [2.45, 2.75) is 37.8 Å². The zero-order valence-corrected chi connectivity index (χ0v) is 31.1. The van der Waals surface area contributed by atoms with Crippen LogP contribution in [-0.2, 0) is 12.8 Å². The number of nitrogens with one attached hydrogen (secondary N) is 1. The van der Waals surface area contributed by atoms with Gasteiger partial charge < -0.3 is 5.32 Å². The molecule has 45 heavy (non-hydrogen) atoms. The van der Waals surface area contributed by atoms with Crippen molar-refractivity contribution in [1.82, 2.24) is 0 Å². The Morgan fingerprint density at radius 1 is 0.422 bits per heavy atom. The molecule has 0 aliphatic carbocycles. The smallest absolute Gasteiger partial charge is 0.341 e. The van der Waals surface area contributed by atoms with Crippen molar-refractivity contribution in [3.05, 3.63) is 132 Å². The van der Waals surface area contributed by atoms with Crippen molar-refractivity contribution in [2.75, 3.05) is 5.32 Å². The van der Waals surface area contributed by atoms with Crippen LogP contribution in [0.2, 0.25) is 12.1 Å². The number of hydrogen-bond acceptors (Lipinski definition) is 1. The van der Waals surface area contributed by atoms with E-state index in [2.05, 4.69) is 127 Å². The lowest BCUT2D eigenvalue weighted by Gasteiger charge is -2.14. The zero-order chi connectivity index (χ0) is 31.9. The van der Waals surface area contributed by atoms with E-state index in [0.29, 0.717) is 12.1 Å². The van der Waals surface area contributed by atoms with Crippen molar-refractivity contribution >= 4 is 89.9 Å². The predicted octanol–water partition coefficient (Wildman–Crippen LogP) is 13.6.